The quantitative estimate of drug-likeness (QED) is 0.483. The van der Waals surface area contributed by atoms with Gasteiger partial charge in [-0.15, -0.1) is 0 Å². The van der Waals surface area contributed by atoms with Crippen molar-refractivity contribution in [3.63, 3.8) is 0 Å². The monoisotopic (exact) mass is 436 g/mol. The van der Waals surface area contributed by atoms with Crippen molar-refractivity contribution in [1.29, 1.82) is 0 Å². The van der Waals surface area contributed by atoms with Crippen LogP contribution >= 0.6 is 11.3 Å². The Labute approximate surface area is 183 Å². The number of carbonyl (C=O) groups excluding carboxylic acids is 1. The van der Waals surface area contributed by atoms with E-state index in [1.54, 1.807) is 7.11 Å². The molecule has 2 aromatic carbocycles. The molecular weight excluding hydrogens is 412 g/mol. The van der Waals surface area contributed by atoms with Crippen LogP contribution in [0.15, 0.2) is 42.5 Å². The van der Waals surface area contributed by atoms with E-state index in [9.17, 15) is 4.79 Å². The van der Waals surface area contributed by atoms with Crippen molar-refractivity contribution in [1.82, 2.24) is 24.8 Å². The maximum atomic E-state index is 12.5. The molecule has 2 N–H and O–H groups in total. The van der Waals surface area contributed by atoms with Crippen molar-refractivity contribution in [3.8, 4) is 5.75 Å². The summed E-state index contributed by atoms with van der Waals surface area (Å²) >= 11 is 1.51. The van der Waals surface area contributed by atoms with E-state index in [0.717, 1.165) is 65.5 Å². The summed E-state index contributed by atoms with van der Waals surface area (Å²) in [5.74, 6) is 1.75. The van der Waals surface area contributed by atoms with E-state index < -0.39 is 0 Å². The molecule has 0 saturated carbocycles. The van der Waals surface area contributed by atoms with Gasteiger partial charge in [-0.3, -0.25) is 14.6 Å². The Morgan fingerprint density at radius 1 is 1.10 bits per heavy atom. The number of anilines is 1. The predicted molar refractivity (Wildman–Crippen MR) is 123 cm³/mol. The molecule has 0 atom stereocenters. The average Bonchev–Trinajstić information content (AvgIpc) is 3.36. The van der Waals surface area contributed by atoms with Crippen LogP contribution < -0.4 is 10.1 Å². The summed E-state index contributed by atoms with van der Waals surface area (Å²) in [6.45, 7) is 4.64. The second-order valence-electron chi connectivity index (χ2n) is 7.65. The predicted octanol–water partition coefficient (Wildman–Crippen LogP) is 2.94. The molecule has 4 aromatic rings. The molecule has 1 aliphatic rings. The first-order chi connectivity index (χ1) is 15.2. The highest BCUT2D eigenvalue weighted by Gasteiger charge is 2.20. The summed E-state index contributed by atoms with van der Waals surface area (Å²) in [6, 6.07) is 13.8. The molecule has 0 bridgehead atoms. The van der Waals surface area contributed by atoms with E-state index in [2.05, 4.69) is 30.1 Å². The Morgan fingerprint density at radius 3 is 2.71 bits per heavy atom. The van der Waals surface area contributed by atoms with E-state index in [0.29, 0.717) is 11.7 Å². The maximum absolute atomic E-state index is 12.5. The van der Waals surface area contributed by atoms with Gasteiger partial charge in [-0.25, -0.2) is 9.97 Å². The van der Waals surface area contributed by atoms with Crippen LogP contribution in [0.5, 0.6) is 5.75 Å². The number of hydrogen-bond donors (Lipinski definition) is 2. The minimum Gasteiger partial charge on any atom is -0.497 e. The molecule has 5 rings (SSSR count). The number of rotatable bonds is 6. The highest BCUT2D eigenvalue weighted by Crippen LogP contribution is 2.25. The van der Waals surface area contributed by atoms with Crippen LogP contribution in [0.1, 0.15) is 5.82 Å². The van der Waals surface area contributed by atoms with Gasteiger partial charge in [-0.05, 0) is 24.3 Å². The lowest BCUT2D eigenvalue weighted by atomic mass is 10.3. The number of piperazine rings is 1. The molecule has 1 fully saturated rings. The number of imidazole rings is 1. The van der Waals surface area contributed by atoms with Crippen LogP contribution in [-0.2, 0) is 11.3 Å². The molecule has 0 aliphatic carbocycles. The molecule has 1 saturated heterocycles. The largest absolute Gasteiger partial charge is 0.497 e. The number of nitrogens with zero attached hydrogens (tertiary/aromatic N) is 4. The topological polar surface area (TPSA) is 86.4 Å². The number of benzene rings is 2. The molecule has 3 heterocycles. The van der Waals surface area contributed by atoms with Crippen molar-refractivity contribution in [2.75, 3.05) is 45.2 Å². The Balaban J connectivity index is 1.12. The highest BCUT2D eigenvalue weighted by molar-refractivity contribution is 7.22. The number of H-pyrrole nitrogens is 1. The molecule has 1 aliphatic heterocycles. The Hall–Kier alpha value is -3.01. The lowest BCUT2D eigenvalue weighted by molar-refractivity contribution is -0.117. The zero-order chi connectivity index (χ0) is 21.2. The van der Waals surface area contributed by atoms with Gasteiger partial charge in [0.15, 0.2) is 5.13 Å². The molecule has 9 heteroatoms. The number of fused-ring (bicyclic) bond motifs is 2. The minimum absolute atomic E-state index is 0.0151. The van der Waals surface area contributed by atoms with Gasteiger partial charge in [-0.1, -0.05) is 23.5 Å². The molecule has 31 heavy (non-hydrogen) atoms. The standard InChI is InChI=1S/C22H24N6O2S/c1-30-15-6-7-16-18(12-15)24-20(23-16)13-27-8-10-28(11-9-27)14-21(29)26-22-25-17-4-2-3-5-19(17)31-22/h2-7,12H,8-11,13-14H2,1H3,(H,23,24)(H,25,26,29). The van der Waals surface area contributed by atoms with E-state index in [1.165, 1.54) is 11.3 Å². The first-order valence-electron chi connectivity index (χ1n) is 10.3. The van der Waals surface area contributed by atoms with Crippen LogP contribution in [0.25, 0.3) is 21.3 Å². The third-order valence-corrected chi connectivity index (χ3v) is 6.44. The number of methoxy groups -OCH3 is 1. The third kappa shape index (κ3) is 4.53. The van der Waals surface area contributed by atoms with Crippen LogP contribution in [0, 0.1) is 0 Å². The summed E-state index contributed by atoms with van der Waals surface area (Å²) in [5, 5.41) is 3.60. The van der Waals surface area contributed by atoms with Gasteiger partial charge >= 0.3 is 0 Å². The van der Waals surface area contributed by atoms with Gasteiger partial charge in [0.1, 0.15) is 11.6 Å². The number of carbonyl (C=O) groups is 1. The molecular formula is C22H24N6O2S. The lowest BCUT2D eigenvalue weighted by Crippen LogP contribution is -2.48. The van der Waals surface area contributed by atoms with Crippen molar-refractivity contribution >= 4 is 43.6 Å². The summed E-state index contributed by atoms with van der Waals surface area (Å²) in [6.07, 6.45) is 0. The lowest BCUT2D eigenvalue weighted by Gasteiger charge is -2.33. The number of ether oxygens (including phenoxy) is 1. The van der Waals surface area contributed by atoms with Crippen molar-refractivity contribution in [2.24, 2.45) is 0 Å². The molecule has 0 spiro atoms. The summed E-state index contributed by atoms with van der Waals surface area (Å²) in [5.41, 5.74) is 2.85. The average molecular weight is 437 g/mol. The number of nitrogens with one attached hydrogen (secondary N) is 2. The summed E-state index contributed by atoms with van der Waals surface area (Å²) < 4.78 is 6.36. The van der Waals surface area contributed by atoms with Crippen molar-refractivity contribution in [2.45, 2.75) is 6.54 Å². The van der Waals surface area contributed by atoms with Gasteiger partial charge in [0.05, 0.1) is 41.4 Å². The van der Waals surface area contributed by atoms with Gasteiger partial charge in [0, 0.05) is 32.2 Å². The number of amides is 1. The minimum atomic E-state index is -0.0151. The second-order valence-corrected chi connectivity index (χ2v) is 8.68. The second kappa shape index (κ2) is 8.62. The number of aromatic amines is 1. The zero-order valence-electron chi connectivity index (χ0n) is 17.3. The fraction of sp³-hybridized carbons (Fsp3) is 0.318. The van der Waals surface area contributed by atoms with Crippen LogP contribution in [0.2, 0.25) is 0 Å². The maximum Gasteiger partial charge on any atom is 0.240 e. The van der Waals surface area contributed by atoms with Crippen LogP contribution in [0.4, 0.5) is 5.13 Å². The fourth-order valence-corrected chi connectivity index (χ4v) is 4.73. The number of thiazole rings is 1. The first kappa shape index (κ1) is 19.9. The molecule has 0 radical (unpaired) electrons. The molecule has 8 nitrogen and oxygen atoms in total. The third-order valence-electron chi connectivity index (χ3n) is 5.48. The van der Waals surface area contributed by atoms with E-state index in [4.69, 9.17) is 4.74 Å². The smallest absolute Gasteiger partial charge is 0.240 e. The number of aromatic nitrogens is 3. The summed E-state index contributed by atoms with van der Waals surface area (Å²) in [7, 11) is 1.66. The Bertz CT molecular complexity index is 1180. The Kier molecular flexibility index (Phi) is 5.54. The summed E-state index contributed by atoms with van der Waals surface area (Å²) in [4.78, 5) is 29.5. The van der Waals surface area contributed by atoms with Crippen LogP contribution in [-0.4, -0.2) is 70.5 Å². The van der Waals surface area contributed by atoms with Gasteiger partial charge in [0.25, 0.3) is 0 Å². The molecule has 160 valence electrons. The Morgan fingerprint density at radius 2 is 1.90 bits per heavy atom. The van der Waals surface area contributed by atoms with Crippen molar-refractivity contribution < 1.29 is 9.53 Å². The zero-order valence-corrected chi connectivity index (χ0v) is 18.1. The van der Waals surface area contributed by atoms with E-state index in [1.807, 2.05) is 42.5 Å². The van der Waals surface area contributed by atoms with Gasteiger partial charge in [0.2, 0.25) is 5.91 Å². The van der Waals surface area contributed by atoms with E-state index in [-0.39, 0.29) is 5.91 Å². The van der Waals surface area contributed by atoms with Crippen LogP contribution in [0.3, 0.4) is 0 Å². The first-order valence-corrected chi connectivity index (χ1v) is 11.1. The molecule has 2 aromatic heterocycles. The number of para-hydroxylation sites is 1. The fourth-order valence-electron chi connectivity index (χ4n) is 3.85. The normalized spacial score (nSPS) is 15.5. The molecule has 0 unspecified atom stereocenters. The van der Waals surface area contributed by atoms with Gasteiger partial charge < -0.3 is 15.0 Å². The SMILES string of the molecule is COc1ccc2nc(CN3CCN(CC(=O)Nc4nc5ccccc5s4)CC3)[nH]c2c1. The highest BCUT2D eigenvalue weighted by atomic mass is 32.1. The van der Waals surface area contributed by atoms with Gasteiger partial charge in [-0.2, -0.15) is 0 Å². The molecule has 1 amide bonds. The van der Waals surface area contributed by atoms with Crippen molar-refractivity contribution in [3.05, 3.63) is 48.3 Å². The number of hydrogen-bond acceptors (Lipinski definition) is 7. The van der Waals surface area contributed by atoms with E-state index >= 15 is 0 Å².